The molecule has 0 aliphatic carbocycles. The van der Waals surface area contributed by atoms with Gasteiger partial charge in [0.2, 0.25) is 0 Å². The van der Waals surface area contributed by atoms with E-state index in [2.05, 4.69) is 15.1 Å². The van der Waals surface area contributed by atoms with Crippen LogP contribution < -0.4 is 0 Å². The van der Waals surface area contributed by atoms with Gasteiger partial charge in [-0.05, 0) is 31.2 Å². The lowest BCUT2D eigenvalue weighted by Gasteiger charge is -2.01. The molecule has 0 spiro atoms. The smallest absolute Gasteiger partial charge is 0.153 e. The van der Waals surface area contributed by atoms with Crippen molar-refractivity contribution in [2.24, 2.45) is 0 Å². The predicted molar refractivity (Wildman–Crippen MR) is 110 cm³/mol. The third kappa shape index (κ3) is 6.13. The molecule has 0 saturated heterocycles. The maximum Gasteiger partial charge on any atom is 0.153 e. The van der Waals surface area contributed by atoms with Gasteiger partial charge >= 0.3 is 0 Å². The number of benzene rings is 1. The molecule has 0 aliphatic heterocycles. The Balaban J connectivity index is 0.000000284. The lowest BCUT2D eigenvalue weighted by Crippen LogP contribution is -1.95. The number of rotatable bonds is 1. The molecule has 0 amide bonds. The van der Waals surface area contributed by atoms with Crippen LogP contribution >= 0.6 is 0 Å². The van der Waals surface area contributed by atoms with E-state index in [1.54, 1.807) is 12.4 Å². The van der Waals surface area contributed by atoms with Crippen LogP contribution in [0.1, 0.15) is 33.4 Å². The minimum Gasteiger partial charge on any atom is -0.265 e. The minimum absolute atomic E-state index is 0.871. The van der Waals surface area contributed by atoms with Crippen LogP contribution in [0.15, 0.2) is 79.3 Å². The first-order valence-electron chi connectivity index (χ1n) is 9.06. The first kappa shape index (κ1) is 21.0. The first-order chi connectivity index (χ1) is 12.8. The molecule has 4 nitrogen and oxygen atoms in total. The number of aromatic nitrogens is 4. The molecule has 26 heavy (non-hydrogen) atoms. The molecular weight excluding hydrogens is 320 g/mol. The lowest BCUT2D eigenvalue weighted by molar-refractivity contribution is 0.905. The third-order valence-electron chi connectivity index (χ3n) is 3.18. The zero-order valence-corrected chi connectivity index (χ0v) is 16.3. The Bertz CT molecular complexity index is 813. The van der Waals surface area contributed by atoms with Crippen molar-refractivity contribution in [2.75, 3.05) is 0 Å². The SMILES string of the molecule is CC.CC.Cc1cnc2ccc(-c3ccncc3)nn12.c1ccccc1. The van der Waals surface area contributed by atoms with Crippen LogP contribution in [0.25, 0.3) is 16.9 Å². The van der Waals surface area contributed by atoms with Crippen LogP contribution in [0.5, 0.6) is 0 Å². The predicted octanol–water partition coefficient (Wildman–Crippen LogP) is 5.84. The lowest BCUT2D eigenvalue weighted by atomic mass is 10.2. The van der Waals surface area contributed by atoms with Crippen LogP contribution in [0.2, 0.25) is 0 Å². The van der Waals surface area contributed by atoms with Crippen LogP contribution in [0.3, 0.4) is 0 Å². The van der Waals surface area contributed by atoms with Crippen LogP contribution in [-0.2, 0) is 0 Å². The van der Waals surface area contributed by atoms with E-state index in [0.29, 0.717) is 0 Å². The van der Waals surface area contributed by atoms with Crippen molar-refractivity contribution in [3.05, 3.63) is 84.9 Å². The van der Waals surface area contributed by atoms with Gasteiger partial charge in [-0.2, -0.15) is 5.10 Å². The summed E-state index contributed by atoms with van der Waals surface area (Å²) in [6, 6.07) is 19.8. The second-order valence-electron chi connectivity index (χ2n) is 4.78. The Labute approximate surface area is 156 Å². The molecule has 0 radical (unpaired) electrons. The summed E-state index contributed by atoms with van der Waals surface area (Å²) in [7, 11) is 0. The molecule has 4 rings (SSSR count). The third-order valence-corrected chi connectivity index (χ3v) is 3.18. The Morgan fingerprint density at radius 1 is 0.731 bits per heavy atom. The molecule has 1 aromatic carbocycles. The van der Waals surface area contributed by atoms with Crippen LogP contribution in [-0.4, -0.2) is 19.6 Å². The summed E-state index contributed by atoms with van der Waals surface area (Å²) in [5.74, 6) is 0. The fourth-order valence-electron chi connectivity index (χ4n) is 2.05. The maximum absolute atomic E-state index is 4.53. The van der Waals surface area contributed by atoms with E-state index in [-0.39, 0.29) is 0 Å². The normalized spacial score (nSPS) is 8.96. The molecule has 136 valence electrons. The standard InChI is InChI=1S/C12H10N4.C6H6.2C2H6/c1-9-8-14-12-3-2-11(15-16(9)12)10-4-6-13-7-5-10;1-2-4-6-5-3-1;2*1-2/h2-8H,1H3;1-6H;2*1-2H3. The summed E-state index contributed by atoms with van der Waals surface area (Å²) in [5.41, 5.74) is 3.89. The van der Waals surface area contributed by atoms with Crippen molar-refractivity contribution in [1.82, 2.24) is 19.6 Å². The van der Waals surface area contributed by atoms with Crippen molar-refractivity contribution in [3.63, 3.8) is 0 Å². The van der Waals surface area contributed by atoms with Crippen LogP contribution in [0, 0.1) is 6.92 Å². The molecule has 0 N–H and O–H groups in total. The van der Waals surface area contributed by atoms with Crippen LogP contribution in [0.4, 0.5) is 0 Å². The molecular formula is C22H28N4. The number of hydrogen-bond acceptors (Lipinski definition) is 3. The average Bonchev–Trinajstić information content (AvgIpc) is 3.14. The van der Waals surface area contributed by atoms with Gasteiger partial charge < -0.3 is 0 Å². The number of imidazole rings is 1. The summed E-state index contributed by atoms with van der Waals surface area (Å²) >= 11 is 0. The van der Waals surface area contributed by atoms with Crippen molar-refractivity contribution in [1.29, 1.82) is 0 Å². The average molecular weight is 348 g/mol. The zero-order chi connectivity index (χ0) is 19.2. The Morgan fingerprint density at radius 2 is 1.27 bits per heavy atom. The second-order valence-corrected chi connectivity index (χ2v) is 4.78. The second kappa shape index (κ2) is 12.4. The molecule has 0 atom stereocenters. The Morgan fingerprint density at radius 3 is 1.81 bits per heavy atom. The molecule has 4 aromatic rings. The number of aryl methyl sites for hydroxylation is 1. The van der Waals surface area contributed by atoms with Gasteiger partial charge in [0.05, 0.1) is 17.6 Å². The number of fused-ring (bicyclic) bond motifs is 1. The van der Waals surface area contributed by atoms with E-state index in [4.69, 9.17) is 0 Å². The minimum atomic E-state index is 0.871. The zero-order valence-electron chi connectivity index (χ0n) is 16.3. The number of nitrogens with zero attached hydrogens (tertiary/aromatic N) is 4. The summed E-state index contributed by atoms with van der Waals surface area (Å²) in [6.07, 6.45) is 5.35. The highest BCUT2D eigenvalue weighted by atomic mass is 15.3. The molecule has 3 aromatic heterocycles. The van der Waals surface area contributed by atoms with E-state index in [9.17, 15) is 0 Å². The Kier molecular flexibility index (Phi) is 10.0. The summed E-state index contributed by atoms with van der Waals surface area (Å²) in [5, 5.41) is 4.53. The topological polar surface area (TPSA) is 43.1 Å². The number of pyridine rings is 1. The molecule has 0 saturated carbocycles. The summed E-state index contributed by atoms with van der Waals surface area (Å²) in [6.45, 7) is 9.99. The molecule has 0 unspecified atom stereocenters. The van der Waals surface area contributed by atoms with Gasteiger partial charge in [0.15, 0.2) is 5.65 Å². The van der Waals surface area contributed by atoms with E-state index in [1.807, 2.05) is 106 Å². The van der Waals surface area contributed by atoms with Gasteiger partial charge in [-0.1, -0.05) is 64.1 Å². The highest BCUT2D eigenvalue weighted by Crippen LogP contribution is 2.16. The maximum atomic E-state index is 4.53. The van der Waals surface area contributed by atoms with Gasteiger partial charge in [-0.25, -0.2) is 9.50 Å². The highest BCUT2D eigenvalue weighted by molar-refractivity contribution is 5.59. The summed E-state index contributed by atoms with van der Waals surface area (Å²) < 4.78 is 1.84. The van der Waals surface area contributed by atoms with Gasteiger partial charge in [0.1, 0.15) is 0 Å². The van der Waals surface area contributed by atoms with Crippen molar-refractivity contribution < 1.29 is 0 Å². The van der Waals surface area contributed by atoms with Crippen molar-refractivity contribution in [3.8, 4) is 11.3 Å². The van der Waals surface area contributed by atoms with E-state index in [0.717, 1.165) is 22.6 Å². The number of hydrogen-bond donors (Lipinski definition) is 0. The van der Waals surface area contributed by atoms with E-state index < -0.39 is 0 Å². The van der Waals surface area contributed by atoms with E-state index >= 15 is 0 Å². The van der Waals surface area contributed by atoms with Crippen molar-refractivity contribution in [2.45, 2.75) is 34.6 Å². The van der Waals surface area contributed by atoms with E-state index in [1.165, 1.54) is 0 Å². The van der Waals surface area contributed by atoms with Gasteiger partial charge in [0, 0.05) is 18.0 Å². The van der Waals surface area contributed by atoms with Gasteiger partial charge in [0.25, 0.3) is 0 Å². The quantitative estimate of drug-likeness (QED) is 0.434. The van der Waals surface area contributed by atoms with Crippen molar-refractivity contribution >= 4 is 5.65 Å². The fraction of sp³-hybridized carbons (Fsp3) is 0.227. The molecule has 0 aliphatic rings. The highest BCUT2D eigenvalue weighted by Gasteiger charge is 2.03. The first-order valence-corrected chi connectivity index (χ1v) is 9.06. The molecule has 0 fully saturated rings. The fourth-order valence-corrected chi connectivity index (χ4v) is 2.05. The van der Waals surface area contributed by atoms with Gasteiger partial charge in [-0.3, -0.25) is 4.98 Å². The molecule has 4 heteroatoms. The largest absolute Gasteiger partial charge is 0.265 e. The molecule has 3 heterocycles. The molecule has 0 bridgehead atoms. The monoisotopic (exact) mass is 348 g/mol. The Hall–Kier alpha value is -3.01. The summed E-state index contributed by atoms with van der Waals surface area (Å²) in [4.78, 5) is 8.23. The van der Waals surface area contributed by atoms with Gasteiger partial charge in [-0.15, -0.1) is 0 Å².